The second kappa shape index (κ2) is 7.26. The van der Waals surface area contributed by atoms with Gasteiger partial charge in [0.2, 0.25) is 0 Å². The van der Waals surface area contributed by atoms with E-state index in [4.69, 9.17) is 23.2 Å². The number of anilines is 1. The number of carbonyl (C=O) groups is 1. The number of rotatable bonds is 4. The summed E-state index contributed by atoms with van der Waals surface area (Å²) in [6.07, 6.45) is 1.52. The van der Waals surface area contributed by atoms with Gasteiger partial charge < -0.3 is 15.7 Å². The molecule has 2 amide bonds. The van der Waals surface area contributed by atoms with E-state index in [1.54, 1.807) is 36.4 Å². The summed E-state index contributed by atoms with van der Waals surface area (Å²) >= 11 is 11.7. The Hall–Kier alpha value is -1.82. The third-order valence-corrected chi connectivity index (χ3v) is 3.32. The molecule has 5 nitrogen and oxygen atoms in total. The van der Waals surface area contributed by atoms with Gasteiger partial charge in [-0.1, -0.05) is 35.3 Å². The van der Waals surface area contributed by atoms with Crippen LogP contribution in [-0.4, -0.2) is 22.7 Å². The molecule has 0 aliphatic heterocycles. The molecule has 2 aromatic rings. The van der Waals surface area contributed by atoms with Crippen LogP contribution in [-0.2, 0) is 0 Å². The topological polar surface area (TPSA) is 74.2 Å². The minimum absolute atomic E-state index is 0.194. The van der Waals surface area contributed by atoms with Crippen molar-refractivity contribution in [2.45, 2.75) is 6.04 Å². The Kier molecular flexibility index (Phi) is 5.38. The van der Waals surface area contributed by atoms with Crippen LogP contribution in [0.2, 0.25) is 10.2 Å². The van der Waals surface area contributed by atoms with E-state index < -0.39 is 12.1 Å². The molecule has 1 aromatic carbocycles. The lowest BCUT2D eigenvalue weighted by molar-refractivity contribution is 0.225. The lowest BCUT2D eigenvalue weighted by Crippen LogP contribution is -2.34. The number of urea groups is 1. The number of nitrogens with one attached hydrogen (secondary N) is 2. The number of halogens is 2. The maximum atomic E-state index is 11.9. The Labute approximate surface area is 131 Å². The monoisotopic (exact) mass is 325 g/mol. The molecule has 21 heavy (non-hydrogen) atoms. The van der Waals surface area contributed by atoms with Crippen molar-refractivity contribution in [2.75, 3.05) is 11.9 Å². The molecular weight excluding hydrogens is 313 g/mol. The number of nitrogens with zero attached hydrogens (tertiary/aromatic N) is 1. The van der Waals surface area contributed by atoms with Gasteiger partial charge in [0.1, 0.15) is 0 Å². The van der Waals surface area contributed by atoms with Crippen LogP contribution < -0.4 is 10.6 Å². The largest absolute Gasteiger partial charge is 0.394 e. The molecule has 0 fully saturated rings. The molecule has 1 atom stereocenters. The number of benzene rings is 1. The highest BCUT2D eigenvalue weighted by atomic mass is 35.5. The van der Waals surface area contributed by atoms with Gasteiger partial charge >= 0.3 is 6.03 Å². The lowest BCUT2D eigenvalue weighted by atomic mass is 10.1. The minimum Gasteiger partial charge on any atom is -0.394 e. The van der Waals surface area contributed by atoms with Crippen LogP contribution in [0.25, 0.3) is 0 Å². The van der Waals surface area contributed by atoms with Gasteiger partial charge in [0.15, 0.2) is 5.15 Å². The van der Waals surface area contributed by atoms with Gasteiger partial charge in [0, 0.05) is 11.2 Å². The van der Waals surface area contributed by atoms with Gasteiger partial charge in [-0.05, 0) is 29.8 Å². The zero-order valence-corrected chi connectivity index (χ0v) is 12.4. The molecule has 1 heterocycles. The van der Waals surface area contributed by atoms with E-state index in [-0.39, 0.29) is 11.8 Å². The third-order valence-electron chi connectivity index (χ3n) is 2.77. The van der Waals surface area contributed by atoms with Crippen molar-refractivity contribution in [3.05, 3.63) is 58.3 Å². The molecule has 2 rings (SSSR count). The first-order valence-corrected chi connectivity index (χ1v) is 6.90. The average Bonchev–Trinajstić information content (AvgIpc) is 2.48. The summed E-state index contributed by atoms with van der Waals surface area (Å²) in [4.78, 5) is 15.8. The van der Waals surface area contributed by atoms with E-state index in [0.717, 1.165) is 5.56 Å². The van der Waals surface area contributed by atoms with E-state index in [2.05, 4.69) is 15.6 Å². The van der Waals surface area contributed by atoms with Crippen LogP contribution in [0.1, 0.15) is 11.6 Å². The fourth-order valence-corrected chi connectivity index (χ4v) is 2.02. The number of aromatic nitrogens is 1. The molecule has 1 unspecified atom stereocenters. The second-order valence-corrected chi connectivity index (χ2v) is 5.02. The van der Waals surface area contributed by atoms with Crippen molar-refractivity contribution in [1.29, 1.82) is 0 Å². The molecule has 110 valence electrons. The predicted molar refractivity (Wildman–Crippen MR) is 82.7 cm³/mol. The zero-order chi connectivity index (χ0) is 15.2. The first kappa shape index (κ1) is 15.6. The van der Waals surface area contributed by atoms with Crippen LogP contribution >= 0.6 is 23.2 Å². The molecule has 0 radical (unpaired) electrons. The number of pyridine rings is 1. The predicted octanol–water partition coefficient (Wildman–Crippen LogP) is 3.24. The van der Waals surface area contributed by atoms with Crippen molar-refractivity contribution < 1.29 is 9.90 Å². The summed E-state index contributed by atoms with van der Waals surface area (Å²) in [5.41, 5.74) is 1.14. The molecule has 0 saturated carbocycles. The van der Waals surface area contributed by atoms with Crippen LogP contribution in [0.3, 0.4) is 0 Å². The van der Waals surface area contributed by atoms with E-state index in [9.17, 15) is 9.90 Å². The summed E-state index contributed by atoms with van der Waals surface area (Å²) in [6.45, 7) is -0.240. The summed E-state index contributed by atoms with van der Waals surface area (Å²) in [5.74, 6) is 0. The van der Waals surface area contributed by atoms with Crippen molar-refractivity contribution in [2.24, 2.45) is 0 Å². The van der Waals surface area contributed by atoms with E-state index in [0.29, 0.717) is 10.7 Å². The Balaban J connectivity index is 2.03. The second-order valence-electron chi connectivity index (χ2n) is 4.23. The number of aliphatic hydroxyl groups excluding tert-OH is 1. The molecular formula is C14H13Cl2N3O2. The van der Waals surface area contributed by atoms with Gasteiger partial charge in [0.05, 0.1) is 18.3 Å². The highest BCUT2D eigenvalue weighted by Crippen LogP contribution is 2.19. The van der Waals surface area contributed by atoms with Gasteiger partial charge in [-0.3, -0.25) is 0 Å². The normalized spacial score (nSPS) is 11.8. The SMILES string of the molecule is O=C(Nc1cccnc1Cl)NC(CO)c1ccc(Cl)cc1. The molecule has 0 bridgehead atoms. The zero-order valence-electron chi connectivity index (χ0n) is 10.9. The third kappa shape index (κ3) is 4.32. The van der Waals surface area contributed by atoms with E-state index in [1.807, 2.05) is 0 Å². The first-order chi connectivity index (χ1) is 10.1. The quantitative estimate of drug-likeness (QED) is 0.755. The standard InChI is InChI=1S/C14H13Cl2N3O2/c15-10-5-3-9(4-6-10)12(8-20)19-14(21)18-11-2-1-7-17-13(11)16/h1-7,12,20H,8H2,(H2,18,19,21). The van der Waals surface area contributed by atoms with Crippen LogP contribution in [0.4, 0.5) is 10.5 Å². The van der Waals surface area contributed by atoms with Crippen molar-refractivity contribution in [3.63, 3.8) is 0 Å². The molecule has 0 aliphatic carbocycles. The molecule has 0 spiro atoms. The Morgan fingerprint density at radius 1 is 1.24 bits per heavy atom. The fraction of sp³-hybridized carbons (Fsp3) is 0.143. The van der Waals surface area contributed by atoms with Crippen molar-refractivity contribution >= 4 is 34.9 Å². The highest BCUT2D eigenvalue weighted by Gasteiger charge is 2.14. The van der Waals surface area contributed by atoms with E-state index in [1.165, 1.54) is 6.20 Å². The molecule has 7 heteroatoms. The van der Waals surface area contributed by atoms with Crippen molar-refractivity contribution in [1.82, 2.24) is 10.3 Å². The Morgan fingerprint density at radius 3 is 2.57 bits per heavy atom. The van der Waals surface area contributed by atoms with Crippen LogP contribution in [0, 0.1) is 0 Å². The molecule has 0 aliphatic rings. The van der Waals surface area contributed by atoms with Gasteiger partial charge in [-0.2, -0.15) is 0 Å². The summed E-state index contributed by atoms with van der Waals surface area (Å²) in [6, 6.07) is 9.11. The maximum Gasteiger partial charge on any atom is 0.319 e. The maximum absolute atomic E-state index is 11.9. The number of amides is 2. The van der Waals surface area contributed by atoms with Gasteiger partial charge in [0.25, 0.3) is 0 Å². The smallest absolute Gasteiger partial charge is 0.319 e. The Bertz CT molecular complexity index is 620. The number of carbonyl (C=O) groups excluding carboxylic acids is 1. The molecule has 0 saturated heterocycles. The molecule has 3 N–H and O–H groups in total. The van der Waals surface area contributed by atoms with Gasteiger partial charge in [-0.15, -0.1) is 0 Å². The van der Waals surface area contributed by atoms with Crippen molar-refractivity contribution in [3.8, 4) is 0 Å². The summed E-state index contributed by atoms with van der Waals surface area (Å²) in [5, 5.41) is 15.4. The Morgan fingerprint density at radius 2 is 1.95 bits per heavy atom. The highest BCUT2D eigenvalue weighted by molar-refractivity contribution is 6.32. The van der Waals surface area contributed by atoms with Crippen LogP contribution in [0.15, 0.2) is 42.6 Å². The number of hydrogen-bond acceptors (Lipinski definition) is 3. The van der Waals surface area contributed by atoms with Crippen LogP contribution in [0.5, 0.6) is 0 Å². The number of hydrogen-bond donors (Lipinski definition) is 3. The minimum atomic E-state index is -0.544. The summed E-state index contributed by atoms with van der Waals surface area (Å²) in [7, 11) is 0. The number of aliphatic hydroxyl groups is 1. The van der Waals surface area contributed by atoms with E-state index >= 15 is 0 Å². The average molecular weight is 326 g/mol. The van der Waals surface area contributed by atoms with Gasteiger partial charge in [-0.25, -0.2) is 9.78 Å². The lowest BCUT2D eigenvalue weighted by Gasteiger charge is -2.17. The summed E-state index contributed by atoms with van der Waals surface area (Å²) < 4.78 is 0. The first-order valence-electron chi connectivity index (χ1n) is 6.14. The fourth-order valence-electron chi connectivity index (χ4n) is 1.73. The molecule has 1 aromatic heterocycles.